The standard InChI is InChI=1S/C22H33FN2O3/c1-2-19(23)7-3-4-8-21-20-15-25(14-18(20)9-11-24(21)16-26)22(27)17-6-5-12-28-13-10-17/h2-3,7,16-18,20-21H,4-6,8-15H2,1H3/b7-3-,19-2+/t17?,18-,20-,21+/m1/s1. The Kier molecular flexibility index (Phi) is 7.65. The summed E-state index contributed by atoms with van der Waals surface area (Å²) in [7, 11) is 0. The zero-order valence-corrected chi connectivity index (χ0v) is 16.9. The van der Waals surface area contributed by atoms with Crippen LogP contribution < -0.4 is 0 Å². The SMILES string of the molecule is C/C=C(F)\C=C/CC[C@H]1[C@@H]2CN(C(=O)C3CCCOCC3)C[C@H]2CCN1C=O. The number of piperidine rings is 1. The van der Waals surface area contributed by atoms with Gasteiger partial charge in [-0.1, -0.05) is 12.2 Å². The van der Waals surface area contributed by atoms with Crippen molar-refractivity contribution in [3.05, 3.63) is 24.1 Å². The third-order valence-corrected chi connectivity index (χ3v) is 6.60. The van der Waals surface area contributed by atoms with Crippen LogP contribution in [0.4, 0.5) is 4.39 Å². The number of likely N-dealkylation sites (tertiary alicyclic amines) is 2. The van der Waals surface area contributed by atoms with Gasteiger partial charge < -0.3 is 14.5 Å². The van der Waals surface area contributed by atoms with Crippen molar-refractivity contribution in [2.45, 2.75) is 51.5 Å². The zero-order valence-electron chi connectivity index (χ0n) is 16.9. The number of carbonyl (C=O) groups excluding carboxylic acids is 2. The summed E-state index contributed by atoms with van der Waals surface area (Å²) in [4.78, 5) is 28.6. The van der Waals surface area contributed by atoms with Crippen molar-refractivity contribution >= 4 is 12.3 Å². The molecule has 0 bridgehead atoms. The second-order valence-corrected chi connectivity index (χ2v) is 8.26. The highest BCUT2D eigenvalue weighted by atomic mass is 19.1. The maximum absolute atomic E-state index is 13.3. The largest absolute Gasteiger partial charge is 0.381 e. The van der Waals surface area contributed by atoms with Crippen LogP contribution in [-0.2, 0) is 14.3 Å². The van der Waals surface area contributed by atoms with Gasteiger partial charge in [-0.05, 0) is 57.4 Å². The molecule has 3 saturated heterocycles. The molecule has 3 fully saturated rings. The van der Waals surface area contributed by atoms with E-state index in [9.17, 15) is 14.0 Å². The number of nitrogens with zero attached hydrogens (tertiary/aromatic N) is 2. The summed E-state index contributed by atoms with van der Waals surface area (Å²) < 4.78 is 18.8. The Morgan fingerprint density at radius 1 is 1.21 bits per heavy atom. The lowest BCUT2D eigenvalue weighted by molar-refractivity contribution is -0.135. The first-order valence-electron chi connectivity index (χ1n) is 10.7. The number of carbonyl (C=O) groups is 2. The average molecular weight is 393 g/mol. The van der Waals surface area contributed by atoms with E-state index < -0.39 is 0 Å². The van der Waals surface area contributed by atoms with E-state index in [2.05, 4.69) is 0 Å². The first-order valence-corrected chi connectivity index (χ1v) is 10.7. The topological polar surface area (TPSA) is 49.9 Å². The van der Waals surface area contributed by atoms with Gasteiger partial charge in [-0.25, -0.2) is 4.39 Å². The summed E-state index contributed by atoms with van der Waals surface area (Å²) in [6.45, 7) is 5.40. The van der Waals surface area contributed by atoms with Gasteiger partial charge in [0.2, 0.25) is 12.3 Å². The van der Waals surface area contributed by atoms with Gasteiger partial charge in [0, 0.05) is 50.7 Å². The molecule has 6 heteroatoms. The molecule has 2 amide bonds. The molecule has 0 aromatic carbocycles. The van der Waals surface area contributed by atoms with Crippen molar-refractivity contribution in [3.63, 3.8) is 0 Å². The van der Waals surface area contributed by atoms with Crippen molar-refractivity contribution < 1.29 is 18.7 Å². The van der Waals surface area contributed by atoms with Crippen LogP contribution >= 0.6 is 0 Å². The van der Waals surface area contributed by atoms with Gasteiger partial charge in [0.05, 0.1) is 0 Å². The van der Waals surface area contributed by atoms with Gasteiger partial charge in [-0.2, -0.15) is 0 Å². The minimum Gasteiger partial charge on any atom is -0.381 e. The van der Waals surface area contributed by atoms with Crippen molar-refractivity contribution in [1.29, 1.82) is 0 Å². The van der Waals surface area contributed by atoms with Crippen molar-refractivity contribution in [2.75, 3.05) is 32.8 Å². The summed E-state index contributed by atoms with van der Waals surface area (Å²) in [6, 6.07) is 0.129. The van der Waals surface area contributed by atoms with Gasteiger partial charge in [0.25, 0.3) is 0 Å². The zero-order chi connectivity index (χ0) is 19.9. The molecule has 0 aliphatic carbocycles. The van der Waals surface area contributed by atoms with E-state index >= 15 is 0 Å². The van der Waals surface area contributed by atoms with E-state index in [0.29, 0.717) is 18.4 Å². The third kappa shape index (κ3) is 5.02. The number of allylic oxidation sites excluding steroid dienone is 4. The molecule has 5 nitrogen and oxygen atoms in total. The summed E-state index contributed by atoms with van der Waals surface area (Å²) in [5.74, 6) is 0.897. The molecule has 3 aliphatic rings. The molecule has 0 aromatic heterocycles. The van der Waals surface area contributed by atoms with E-state index in [1.807, 2.05) is 15.9 Å². The molecule has 0 spiro atoms. The number of hydrogen-bond acceptors (Lipinski definition) is 3. The summed E-state index contributed by atoms with van der Waals surface area (Å²) in [5, 5.41) is 0. The fraction of sp³-hybridized carbons (Fsp3) is 0.727. The van der Waals surface area contributed by atoms with E-state index in [-0.39, 0.29) is 23.7 Å². The monoisotopic (exact) mass is 392 g/mol. The lowest BCUT2D eigenvalue weighted by atomic mass is 9.80. The molecule has 28 heavy (non-hydrogen) atoms. The van der Waals surface area contributed by atoms with Crippen LogP contribution in [0.3, 0.4) is 0 Å². The molecule has 4 atom stereocenters. The Bertz CT molecular complexity index is 599. The van der Waals surface area contributed by atoms with Crippen molar-refractivity contribution in [1.82, 2.24) is 9.80 Å². The van der Waals surface area contributed by atoms with Crippen LogP contribution in [0.1, 0.15) is 45.4 Å². The molecule has 3 rings (SSSR count). The molecule has 1 unspecified atom stereocenters. The molecular weight excluding hydrogens is 359 g/mol. The van der Waals surface area contributed by atoms with Crippen LogP contribution in [0.5, 0.6) is 0 Å². The van der Waals surface area contributed by atoms with Crippen LogP contribution in [0.15, 0.2) is 24.1 Å². The normalized spacial score (nSPS) is 31.7. The van der Waals surface area contributed by atoms with Gasteiger partial charge in [0.15, 0.2) is 0 Å². The highest BCUT2D eigenvalue weighted by molar-refractivity contribution is 5.79. The predicted molar refractivity (Wildman–Crippen MR) is 106 cm³/mol. The van der Waals surface area contributed by atoms with Crippen LogP contribution in [0.25, 0.3) is 0 Å². The minimum absolute atomic E-state index is 0.0787. The van der Waals surface area contributed by atoms with E-state index in [0.717, 1.165) is 71.2 Å². The quantitative estimate of drug-likeness (QED) is 0.515. The molecule has 156 valence electrons. The van der Waals surface area contributed by atoms with Crippen LogP contribution in [0.2, 0.25) is 0 Å². The smallest absolute Gasteiger partial charge is 0.225 e. The Labute approximate surface area is 167 Å². The highest BCUT2D eigenvalue weighted by Gasteiger charge is 2.45. The van der Waals surface area contributed by atoms with Crippen LogP contribution in [0, 0.1) is 17.8 Å². The molecular formula is C22H33FN2O3. The molecule has 0 aromatic rings. The number of ether oxygens (including phenoxy) is 1. The van der Waals surface area contributed by atoms with Gasteiger partial charge in [-0.15, -0.1) is 0 Å². The summed E-state index contributed by atoms with van der Waals surface area (Å²) in [5.41, 5.74) is 0. The Balaban J connectivity index is 1.62. The first kappa shape index (κ1) is 21.0. The van der Waals surface area contributed by atoms with Crippen molar-refractivity contribution in [2.24, 2.45) is 17.8 Å². The van der Waals surface area contributed by atoms with E-state index in [4.69, 9.17) is 4.74 Å². The second-order valence-electron chi connectivity index (χ2n) is 8.26. The minimum atomic E-state index is -0.237. The number of hydrogen-bond donors (Lipinski definition) is 0. The Hall–Kier alpha value is -1.69. The first-order chi connectivity index (χ1) is 13.6. The molecule has 0 saturated carbocycles. The lowest BCUT2D eigenvalue weighted by Gasteiger charge is -2.40. The number of rotatable bonds is 6. The molecule has 0 radical (unpaired) electrons. The van der Waals surface area contributed by atoms with Gasteiger partial charge >= 0.3 is 0 Å². The Morgan fingerprint density at radius 2 is 2.07 bits per heavy atom. The summed E-state index contributed by atoms with van der Waals surface area (Å²) >= 11 is 0. The maximum Gasteiger partial charge on any atom is 0.225 e. The number of amides is 2. The maximum atomic E-state index is 13.3. The third-order valence-electron chi connectivity index (χ3n) is 6.60. The predicted octanol–water partition coefficient (Wildman–Crippen LogP) is 3.32. The molecule has 0 N–H and O–H groups in total. The Morgan fingerprint density at radius 3 is 2.86 bits per heavy atom. The average Bonchev–Trinajstić information content (AvgIpc) is 2.96. The summed E-state index contributed by atoms with van der Waals surface area (Å²) in [6.07, 6.45) is 10.9. The fourth-order valence-corrected chi connectivity index (χ4v) is 5.02. The van der Waals surface area contributed by atoms with Crippen molar-refractivity contribution in [3.8, 4) is 0 Å². The van der Waals surface area contributed by atoms with Gasteiger partial charge in [0.1, 0.15) is 5.83 Å². The molecule has 3 aliphatic heterocycles. The number of fused-ring (bicyclic) bond motifs is 1. The van der Waals surface area contributed by atoms with E-state index in [1.54, 1.807) is 6.92 Å². The highest BCUT2D eigenvalue weighted by Crippen LogP contribution is 2.38. The fourth-order valence-electron chi connectivity index (χ4n) is 5.02. The van der Waals surface area contributed by atoms with E-state index in [1.165, 1.54) is 12.2 Å². The second kappa shape index (κ2) is 10.2. The van der Waals surface area contributed by atoms with Gasteiger partial charge in [-0.3, -0.25) is 9.59 Å². The number of halogens is 1. The molecule has 3 heterocycles. The van der Waals surface area contributed by atoms with Crippen LogP contribution in [-0.4, -0.2) is 61.0 Å². The lowest BCUT2D eigenvalue weighted by Crippen LogP contribution is -2.48.